The van der Waals surface area contributed by atoms with Crippen molar-refractivity contribution in [2.75, 3.05) is 5.73 Å². The molecular weight excluding hydrogens is 204 g/mol. The van der Waals surface area contributed by atoms with E-state index in [1.807, 2.05) is 6.92 Å². The number of aromatic nitrogens is 1. The summed E-state index contributed by atoms with van der Waals surface area (Å²) >= 11 is 5.82. The molecular formula is C9H9ClN2O2. The minimum atomic E-state index is 0.288. The maximum atomic E-state index is 5.82. The highest BCUT2D eigenvalue weighted by Gasteiger charge is 2.17. The minimum absolute atomic E-state index is 0.288. The summed E-state index contributed by atoms with van der Waals surface area (Å²) in [6, 6.07) is 1.72. The number of nitrogen functional groups attached to an aromatic ring is 1. The van der Waals surface area contributed by atoms with Crippen LogP contribution in [0.5, 0.6) is 0 Å². The molecule has 0 saturated heterocycles. The van der Waals surface area contributed by atoms with Gasteiger partial charge in [-0.25, -0.2) is 0 Å². The number of rotatable bonds is 2. The highest BCUT2D eigenvalue weighted by Crippen LogP contribution is 2.33. The molecule has 0 fully saturated rings. The molecule has 5 heteroatoms. The third-order valence-corrected chi connectivity index (χ3v) is 2.33. The van der Waals surface area contributed by atoms with Crippen LogP contribution in [-0.4, -0.2) is 5.16 Å². The molecule has 4 nitrogen and oxygen atoms in total. The summed E-state index contributed by atoms with van der Waals surface area (Å²) in [4.78, 5) is 0. The van der Waals surface area contributed by atoms with Crippen LogP contribution in [0.25, 0.3) is 11.3 Å². The van der Waals surface area contributed by atoms with Gasteiger partial charge in [-0.15, -0.1) is 0 Å². The summed E-state index contributed by atoms with van der Waals surface area (Å²) in [5.74, 6) is 0.989. The Morgan fingerprint density at radius 2 is 2.36 bits per heavy atom. The minimum Gasteiger partial charge on any atom is -0.452 e. The van der Waals surface area contributed by atoms with Gasteiger partial charge in [-0.05, 0) is 24.1 Å². The van der Waals surface area contributed by atoms with E-state index in [4.69, 9.17) is 26.3 Å². The zero-order valence-electron chi connectivity index (χ0n) is 7.58. The molecule has 74 valence electrons. The van der Waals surface area contributed by atoms with Gasteiger partial charge in [-0.2, -0.15) is 0 Å². The van der Waals surface area contributed by atoms with Gasteiger partial charge in [0.25, 0.3) is 0 Å². The standard InChI is InChI=1S/C9H9ClN2O2/c1-2-5-7(14-12-9(5)11)6-3-4-13-8(6)10/h3-4H,2H2,1H3,(H2,11,12). The maximum absolute atomic E-state index is 5.82. The fourth-order valence-corrected chi connectivity index (χ4v) is 1.53. The Labute approximate surface area is 85.6 Å². The Morgan fingerprint density at radius 1 is 1.57 bits per heavy atom. The van der Waals surface area contributed by atoms with Crippen LogP contribution in [0.2, 0.25) is 5.22 Å². The molecule has 2 aromatic heterocycles. The van der Waals surface area contributed by atoms with Crippen molar-refractivity contribution in [3.05, 3.63) is 23.1 Å². The second-order valence-corrected chi connectivity index (χ2v) is 3.18. The van der Waals surface area contributed by atoms with Crippen molar-refractivity contribution in [1.29, 1.82) is 0 Å². The van der Waals surface area contributed by atoms with Crippen LogP contribution in [0.4, 0.5) is 5.82 Å². The first kappa shape index (κ1) is 9.15. The molecule has 2 N–H and O–H groups in total. The van der Waals surface area contributed by atoms with E-state index in [9.17, 15) is 0 Å². The summed E-state index contributed by atoms with van der Waals surface area (Å²) in [6.45, 7) is 1.97. The topological polar surface area (TPSA) is 65.2 Å². The van der Waals surface area contributed by atoms with Crippen molar-refractivity contribution in [3.8, 4) is 11.3 Å². The summed E-state index contributed by atoms with van der Waals surface area (Å²) in [6.07, 6.45) is 2.24. The Balaban J connectivity index is 2.57. The average Bonchev–Trinajstić information content (AvgIpc) is 2.71. The molecule has 0 amide bonds. The molecule has 14 heavy (non-hydrogen) atoms. The van der Waals surface area contributed by atoms with Gasteiger partial charge in [0.05, 0.1) is 11.8 Å². The first-order valence-corrected chi connectivity index (χ1v) is 4.59. The van der Waals surface area contributed by atoms with Crippen molar-refractivity contribution in [1.82, 2.24) is 5.16 Å². The highest BCUT2D eigenvalue weighted by atomic mass is 35.5. The van der Waals surface area contributed by atoms with Gasteiger partial charge >= 0.3 is 0 Å². The predicted molar refractivity (Wildman–Crippen MR) is 53.0 cm³/mol. The maximum Gasteiger partial charge on any atom is 0.204 e. The Hall–Kier alpha value is -1.42. The third kappa shape index (κ3) is 1.28. The van der Waals surface area contributed by atoms with E-state index in [0.29, 0.717) is 17.1 Å². The molecule has 2 heterocycles. The third-order valence-electron chi connectivity index (χ3n) is 2.03. The monoisotopic (exact) mass is 212 g/mol. The number of halogens is 1. The van der Waals surface area contributed by atoms with Crippen LogP contribution in [0.1, 0.15) is 12.5 Å². The van der Waals surface area contributed by atoms with Gasteiger partial charge < -0.3 is 14.7 Å². The Morgan fingerprint density at radius 3 is 2.93 bits per heavy atom. The molecule has 0 spiro atoms. The fourth-order valence-electron chi connectivity index (χ4n) is 1.33. The number of anilines is 1. The lowest BCUT2D eigenvalue weighted by atomic mass is 10.1. The van der Waals surface area contributed by atoms with Gasteiger partial charge in [0.2, 0.25) is 5.22 Å². The highest BCUT2D eigenvalue weighted by molar-refractivity contribution is 6.31. The Kier molecular flexibility index (Phi) is 2.21. The lowest BCUT2D eigenvalue weighted by Gasteiger charge is -1.95. The van der Waals surface area contributed by atoms with Crippen LogP contribution in [0.15, 0.2) is 21.3 Å². The summed E-state index contributed by atoms with van der Waals surface area (Å²) in [5.41, 5.74) is 7.17. The van der Waals surface area contributed by atoms with Crippen molar-refractivity contribution in [2.24, 2.45) is 0 Å². The molecule has 0 aliphatic rings. The molecule has 0 aliphatic heterocycles. The van der Waals surface area contributed by atoms with Crippen LogP contribution < -0.4 is 5.73 Å². The van der Waals surface area contributed by atoms with Crippen molar-refractivity contribution in [3.63, 3.8) is 0 Å². The van der Waals surface area contributed by atoms with Gasteiger partial charge in [0.1, 0.15) is 0 Å². The number of nitrogens with zero attached hydrogens (tertiary/aromatic N) is 1. The Bertz CT molecular complexity index is 447. The lowest BCUT2D eigenvalue weighted by Crippen LogP contribution is -1.90. The lowest BCUT2D eigenvalue weighted by molar-refractivity contribution is 0.434. The molecule has 0 aromatic carbocycles. The van der Waals surface area contributed by atoms with Gasteiger partial charge in [0, 0.05) is 5.56 Å². The first-order chi connectivity index (χ1) is 6.74. The molecule has 0 bridgehead atoms. The SMILES string of the molecule is CCc1c(N)noc1-c1ccoc1Cl. The summed E-state index contributed by atoms with van der Waals surface area (Å²) in [5, 5.41) is 3.97. The predicted octanol–water partition coefficient (Wildman–Crippen LogP) is 2.73. The van der Waals surface area contributed by atoms with Crippen LogP contribution in [-0.2, 0) is 6.42 Å². The van der Waals surface area contributed by atoms with Crippen LogP contribution >= 0.6 is 11.6 Å². The number of furan rings is 1. The number of hydrogen-bond donors (Lipinski definition) is 1. The second-order valence-electron chi connectivity index (χ2n) is 2.84. The normalized spacial score (nSPS) is 10.7. The smallest absolute Gasteiger partial charge is 0.204 e. The van der Waals surface area contributed by atoms with E-state index in [1.165, 1.54) is 6.26 Å². The number of hydrogen-bond acceptors (Lipinski definition) is 4. The van der Waals surface area contributed by atoms with E-state index in [0.717, 1.165) is 12.0 Å². The number of nitrogens with two attached hydrogens (primary N) is 1. The second kappa shape index (κ2) is 3.38. The van der Waals surface area contributed by atoms with Gasteiger partial charge in [-0.1, -0.05) is 12.1 Å². The molecule has 0 radical (unpaired) electrons. The van der Waals surface area contributed by atoms with E-state index < -0.39 is 0 Å². The van der Waals surface area contributed by atoms with E-state index >= 15 is 0 Å². The first-order valence-electron chi connectivity index (χ1n) is 4.21. The van der Waals surface area contributed by atoms with Crippen molar-refractivity contribution in [2.45, 2.75) is 13.3 Å². The van der Waals surface area contributed by atoms with Crippen molar-refractivity contribution >= 4 is 17.4 Å². The van der Waals surface area contributed by atoms with E-state index in [-0.39, 0.29) is 5.22 Å². The van der Waals surface area contributed by atoms with Crippen LogP contribution in [0, 0.1) is 0 Å². The van der Waals surface area contributed by atoms with E-state index in [1.54, 1.807) is 6.07 Å². The quantitative estimate of drug-likeness (QED) is 0.831. The summed E-state index contributed by atoms with van der Waals surface area (Å²) in [7, 11) is 0. The molecule has 0 atom stereocenters. The zero-order chi connectivity index (χ0) is 10.1. The fraction of sp³-hybridized carbons (Fsp3) is 0.222. The molecule has 0 saturated carbocycles. The zero-order valence-corrected chi connectivity index (χ0v) is 8.34. The molecule has 2 rings (SSSR count). The van der Waals surface area contributed by atoms with Crippen molar-refractivity contribution < 1.29 is 8.94 Å². The average molecular weight is 213 g/mol. The molecule has 2 aromatic rings. The summed E-state index contributed by atoms with van der Waals surface area (Å²) < 4.78 is 10.1. The largest absolute Gasteiger partial charge is 0.452 e. The van der Waals surface area contributed by atoms with Crippen LogP contribution in [0.3, 0.4) is 0 Å². The van der Waals surface area contributed by atoms with Gasteiger partial charge in [-0.3, -0.25) is 0 Å². The van der Waals surface area contributed by atoms with Gasteiger partial charge in [0.15, 0.2) is 11.6 Å². The molecule has 0 unspecified atom stereocenters. The molecule has 0 aliphatic carbocycles. The van der Waals surface area contributed by atoms with E-state index in [2.05, 4.69) is 5.16 Å².